The number of hydrogen-bond acceptors (Lipinski definition) is 3. The number of halogens is 18. The van der Waals surface area contributed by atoms with E-state index in [1.54, 1.807) is 0 Å². The largest absolute Gasteiger partial charge is 0.508 e. The first-order valence-corrected chi connectivity index (χ1v) is 7.25. The first-order chi connectivity index (χ1) is 14.2. The van der Waals surface area contributed by atoms with E-state index in [0.717, 1.165) is 0 Å². The van der Waals surface area contributed by atoms with Crippen LogP contribution in [0.3, 0.4) is 0 Å². The van der Waals surface area contributed by atoms with Gasteiger partial charge in [0.25, 0.3) is 6.17 Å². The van der Waals surface area contributed by atoms with E-state index in [1.165, 1.54) is 0 Å². The van der Waals surface area contributed by atoms with Crippen molar-refractivity contribution in [1.82, 2.24) is 0 Å². The average molecular weight is 540 g/mol. The molecule has 0 bridgehead atoms. The molecule has 0 unspecified atom stereocenters. The van der Waals surface area contributed by atoms with Gasteiger partial charge in [-0.25, -0.2) is 18.0 Å². The molecule has 0 aromatic carbocycles. The highest BCUT2D eigenvalue weighted by atomic mass is 19.4. The zero-order chi connectivity index (χ0) is 27.1. The molecule has 0 saturated heterocycles. The lowest BCUT2D eigenvalue weighted by Crippen LogP contribution is -2.69. The van der Waals surface area contributed by atoms with Gasteiger partial charge in [-0.15, -0.1) is 0 Å². The van der Waals surface area contributed by atoms with E-state index in [1.807, 2.05) is 0 Å². The van der Waals surface area contributed by atoms with Crippen molar-refractivity contribution >= 4 is 6.16 Å². The number of rotatable bonds is 10. The Bertz CT molecular complexity index is 684. The van der Waals surface area contributed by atoms with Crippen LogP contribution in [0.15, 0.2) is 0 Å². The predicted octanol–water partition coefficient (Wildman–Crippen LogP) is 6.12. The summed E-state index contributed by atoms with van der Waals surface area (Å²) in [7, 11) is 0. The van der Waals surface area contributed by atoms with Crippen molar-refractivity contribution in [1.29, 1.82) is 0 Å². The number of alkyl halides is 18. The molecule has 0 rings (SSSR count). The normalized spacial score (nSPS) is 16.1. The Morgan fingerprint density at radius 2 is 1.00 bits per heavy atom. The minimum atomic E-state index is -7.97. The van der Waals surface area contributed by atoms with Crippen LogP contribution in [-0.2, 0) is 9.47 Å². The molecular weight excluding hydrogens is 534 g/mol. The number of carbonyl (C=O) groups excluding carboxylic acids is 1. The van der Waals surface area contributed by atoms with Gasteiger partial charge in [0.05, 0.1) is 0 Å². The van der Waals surface area contributed by atoms with Gasteiger partial charge in [-0.05, 0) is 0 Å². The molecule has 0 aromatic heterocycles. The van der Waals surface area contributed by atoms with Gasteiger partial charge >= 0.3 is 54.3 Å². The molecule has 0 amide bonds. The van der Waals surface area contributed by atoms with Crippen molar-refractivity contribution < 1.29 is 93.3 Å². The number of carbonyl (C=O) groups is 1. The Balaban J connectivity index is 5.49. The third-order valence-electron chi connectivity index (χ3n) is 3.35. The fraction of sp³-hybridized carbons (Fsp3) is 0.917. The van der Waals surface area contributed by atoms with Crippen LogP contribution in [0.1, 0.15) is 0 Å². The molecule has 0 N–H and O–H groups in total. The summed E-state index contributed by atoms with van der Waals surface area (Å²) in [6.45, 7) is -6.52. The predicted molar refractivity (Wildman–Crippen MR) is 63.9 cm³/mol. The molecule has 0 radical (unpaired) electrons. The van der Waals surface area contributed by atoms with Crippen molar-refractivity contribution in [3.63, 3.8) is 0 Å². The fourth-order valence-electron chi connectivity index (χ4n) is 1.52. The molecule has 0 heterocycles. The topological polar surface area (TPSA) is 35.5 Å². The van der Waals surface area contributed by atoms with Crippen molar-refractivity contribution in [2.75, 3.05) is 13.2 Å². The molecule has 3 nitrogen and oxygen atoms in total. The van der Waals surface area contributed by atoms with E-state index < -0.39 is 73.7 Å². The van der Waals surface area contributed by atoms with Gasteiger partial charge in [-0.1, -0.05) is 0 Å². The summed E-state index contributed by atoms with van der Waals surface area (Å²) in [4.78, 5) is 10.7. The second-order valence-corrected chi connectivity index (χ2v) is 5.84. The van der Waals surface area contributed by atoms with E-state index >= 15 is 0 Å². The van der Waals surface area contributed by atoms with Crippen molar-refractivity contribution in [2.24, 2.45) is 0 Å². The van der Waals surface area contributed by atoms with Gasteiger partial charge in [0, 0.05) is 0 Å². The summed E-state index contributed by atoms with van der Waals surface area (Å²) in [6, 6.07) is 0. The molecular formula is C12H6F18O3. The SMILES string of the molecule is O=C(OCC(F)(F)[C@H](F)C(F)(F)F)OCC(F)(F)C(F)(F)C(F)(F)C(F)(F)C(F)(F)C(F)F. The summed E-state index contributed by atoms with van der Waals surface area (Å²) in [5.41, 5.74) is 0. The Labute approximate surface area is 168 Å². The Morgan fingerprint density at radius 1 is 0.606 bits per heavy atom. The van der Waals surface area contributed by atoms with E-state index in [4.69, 9.17) is 0 Å². The van der Waals surface area contributed by atoms with Crippen LogP contribution >= 0.6 is 0 Å². The molecule has 0 saturated carbocycles. The number of hydrogen-bond donors (Lipinski definition) is 0. The third-order valence-corrected chi connectivity index (χ3v) is 3.35. The van der Waals surface area contributed by atoms with Crippen LogP contribution in [0.4, 0.5) is 83.8 Å². The summed E-state index contributed by atoms with van der Waals surface area (Å²) >= 11 is 0. The lowest BCUT2D eigenvalue weighted by atomic mass is 9.94. The van der Waals surface area contributed by atoms with Crippen molar-refractivity contribution in [3.05, 3.63) is 0 Å². The molecule has 0 aliphatic rings. The lowest BCUT2D eigenvalue weighted by molar-refractivity contribution is -0.414. The zero-order valence-corrected chi connectivity index (χ0v) is 14.6. The van der Waals surface area contributed by atoms with Crippen LogP contribution in [0, 0.1) is 0 Å². The first kappa shape index (κ1) is 31.0. The average Bonchev–Trinajstić information content (AvgIpc) is 2.62. The highest BCUT2D eigenvalue weighted by Crippen LogP contribution is 2.58. The van der Waals surface area contributed by atoms with Crippen LogP contribution in [0.2, 0.25) is 0 Å². The maximum atomic E-state index is 13.3. The molecule has 21 heteroatoms. The minimum Gasteiger partial charge on any atom is -0.428 e. The summed E-state index contributed by atoms with van der Waals surface area (Å²) in [6.07, 6.45) is -20.1. The minimum absolute atomic E-state index is 2.85. The van der Waals surface area contributed by atoms with E-state index in [-0.39, 0.29) is 0 Å². The maximum absolute atomic E-state index is 13.3. The lowest BCUT2D eigenvalue weighted by Gasteiger charge is -2.38. The quantitative estimate of drug-likeness (QED) is 0.248. The van der Waals surface area contributed by atoms with Gasteiger partial charge in [-0.3, -0.25) is 0 Å². The van der Waals surface area contributed by atoms with E-state index in [2.05, 4.69) is 9.47 Å². The molecule has 0 aliphatic carbocycles. The van der Waals surface area contributed by atoms with Crippen molar-refractivity contribution in [2.45, 2.75) is 54.3 Å². The Kier molecular flexibility index (Phi) is 8.45. The molecule has 198 valence electrons. The van der Waals surface area contributed by atoms with Crippen LogP contribution in [0.25, 0.3) is 0 Å². The highest BCUT2D eigenvalue weighted by molar-refractivity contribution is 5.60. The number of ether oxygens (including phenoxy) is 2. The van der Waals surface area contributed by atoms with Crippen LogP contribution < -0.4 is 0 Å². The van der Waals surface area contributed by atoms with Crippen LogP contribution in [-0.4, -0.2) is 73.7 Å². The smallest absolute Gasteiger partial charge is 0.428 e. The fourth-order valence-corrected chi connectivity index (χ4v) is 1.52. The Hall–Kier alpha value is -1.99. The van der Waals surface area contributed by atoms with E-state index in [9.17, 15) is 83.8 Å². The molecule has 0 fully saturated rings. The summed E-state index contributed by atoms with van der Waals surface area (Å²) in [5.74, 6) is -43.3. The molecule has 1 atom stereocenters. The standard InChI is InChI=1S/C12H6F18O3/c13-3(9(22,23)24)6(16,17)1-32-5(31)33-2-7(18,19)10(25,26)12(29,30)11(27,28)8(20,21)4(14)15/h3-4H,1-2H2/t3-/m0/s1. The summed E-state index contributed by atoms with van der Waals surface area (Å²) < 4.78 is 233. The monoisotopic (exact) mass is 540 g/mol. The van der Waals surface area contributed by atoms with Gasteiger partial charge in [0.1, 0.15) is 0 Å². The molecule has 0 aromatic rings. The van der Waals surface area contributed by atoms with Crippen molar-refractivity contribution in [3.8, 4) is 0 Å². The highest BCUT2D eigenvalue weighted by Gasteiger charge is 2.88. The molecule has 0 aliphatic heterocycles. The van der Waals surface area contributed by atoms with Crippen LogP contribution in [0.5, 0.6) is 0 Å². The van der Waals surface area contributed by atoms with E-state index in [0.29, 0.717) is 0 Å². The van der Waals surface area contributed by atoms with Gasteiger partial charge in [-0.2, -0.15) is 65.9 Å². The summed E-state index contributed by atoms with van der Waals surface area (Å²) in [5, 5.41) is 0. The van der Waals surface area contributed by atoms with Gasteiger partial charge in [0.15, 0.2) is 13.2 Å². The van der Waals surface area contributed by atoms with Gasteiger partial charge in [0.2, 0.25) is 0 Å². The second-order valence-electron chi connectivity index (χ2n) is 5.84. The first-order valence-electron chi connectivity index (χ1n) is 7.25. The Morgan fingerprint density at radius 3 is 1.36 bits per heavy atom. The maximum Gasteiger partial charge on any atom is 0.508 e. The molecule has 0 spiro atoms. The molecule has 33 heavy (non-hydrogen) atoms. The third kappa shape index (κ3) is 5.75. The van der Waals surface area contributed by atoms with Gasteiger partial charge < -0.3 is 9.47 Å². The second kappa shape index (κ2) is 8.99. The zero-order valence-electron chi connectivity index (χ0n) is 14.6.